The van der Waals surface area contributed by atoms with Gasteiger partial charge < -0.3 is 10.3 Å². The van der Waals surface area contributed by atoms with Gasteiger partial charge in [0.1, 0.15) is 11.6 Å². The lowest BCUT2D eigenvalue weighted by molar-refractivity contribution is 0.565. The standard InChI is InChI=1S/C13H15ClFN3/c1-2-18-7-6-17-13(18)12(16)8-9-10(14)4-3-5-11(9)15/h3-7,12H,2,8,16H2,1H3. The summed E-state index contributed by atoms with van der Waals surface area (Å²) >= 11 is 5.99. The maximum atomic E-state index is 13.7. The van der Waals surface area contributed by atoms with E-state index in [9.17, 15) is 4.39 Å². The lowest BCUT2D eigenvalue weighted by Gasteiger charge is -2.14. The molecule has 1 unspecified atom stereocenters. The highest BCUT2D eigenvalue weighted by atomic mass is 35.5. The molecule has 3 nitrogen and oxygen atoms in total. The predicted octanol–water partition coefficient (Wildman–Crippen LogP) is 2.94. The van der Waals surface area contributed by atoms with Crippen molar-refractivity contribution in [1.29, 1.82) is 0 Å². The molecule has 1 aromatic carbocycles. The third-order valence-corrected chi connectivity index (χ3v) is 3.26. The Balaban J connectivity index is 2.24. The Hall–Kier alpha value is -1.39. The molecule has 0 saturated carbocycles. The Labute approximate surface area is 110 Å². The van der Waals surface area contributed by atoms with E-state index in [1.807, 2.05) is 17.7 Å². The number of halogens is 2. The number of hydrogen-bond donors (Lipinski definition) is 1. The lowest BCUT2D eigenvalue weighted by Crippen LogP contribution is -2.19. The van der Waals surface area contributed by atoms with Crippen molar-refractivity contribution in [1.82, 2.24) is 9.55 Å². The van der Waals surface area contributed by atoms with Crippen molar-refractivity contribution >= 4 is 11.6 Å². The SMILES string of the molecule is CCn1ccnc1C(N)Cc1c(F)cccc1Cl. The predicted molar refractivity (Wildman–Crippen MR) is 69.9 cm³/mol. The van der Waals surface area contributed by atoms with Crippen LogP contribution in [0.4, 0.5) is 4.39 Å². The fraction of sp³-hybridized carbons (Fsp3) is 0.308. The van der Waals surface area contributed by atoms with Gasteiger partial charge >= 0.3 is 0 Å². The number of hydrogen-bond acceptors (Lipinski definition) is 2. The van der Waals surface area contributed by atoms with Crippen LogP contribution in [0.5, 0.6) is 0 Å². The van der Waals surface area contributed by atoms with Crippen LogP contribution in [0.1, 0.15) is 24.4 Å². The zero-order valence-electron chi connectivity index (χ0n) is 10.1. The van der Waals surface area contributed by atoms with Crippen molar-refractivity contribution in [3.05, 3.63) is 52.8 Å². The molecule has 0 aliphatic heterocycles. The van der Waals surface area contributed by atoms with Crippen LogP contribution < -0.4 is 5.73 Å². The molecule has 0 amide bonds. The number of nitrogens with two attached hydrogens (primary N) is 1. The average Bonchev–Trinajstić information content (AvgIpc) is 2.82. The van der Waals surface area contributed by atoms with Crippen molar-refractivity contribution in [2.45, 2.75) is 25.9 Å². The van der Waals surface area contributed by atoms with Gasteiger partial charge in [-0.3, -0.25) is 0 Å². The second-order valence-corrected chi connectivity index (χ2v) is 4.49. The number of aromatic nitrogens is 2. The van der Waals surface area contributed by atoms with E-state index in [-0.39, 0.29) is 11.9 Å². The molecule has 2 aromatic rings. The molecule has 0 radical (unpaired) electrons. The summed E-state index contributed by atoms with van der Waals surface area (Å²) in [5.74, 6) is 0.421. The van der Waals surface area contributed by atoms with Crippen LogP contribution in [0.25, 0.3) is 0 Å². The molecule has 96 valence electrons. The fourth-order valence-corrected chi connectivity index (χ4v) is 2.20. The van der Waals surface area contributed by atoms with Gasteiger partial charge in [-0.05, 0) is 25.5 Å². The van der Waals surface area contributed by atoms with E-state index in [2.05, 4.69) is 4.98 Å². The largest absolute Gasteiger partial charge is 0.334 e. The van der Waals surface area contributed by atoms with Gasteiger partial charge in [0.25, 0.3) is 0 Å². The van der Waals surface area contributed by atoms with Crippen LogP contribution in [-0.4, -0.2) is 9.55 Å². The highest BCUT2D eigenvalue weighted by Gasteiger charge is 2.16. The number of aryl methyl sites for hydroxylation is 1. The van der Waals surface area contributed by atoms with Gasteiger partial charge in [-0.1, -0.05) is 17.7 Å². The van der Waals surface area contributed by atoms with Gasteiger partial charge in [0.2, 0.25) is 0 Å². The molecule has 1 heterocycles. The molecule has 0 spiro atoms. The third kappa shape index (κ3) is 2.54. The van der Waals surface area contributed by atoms with Crippen molar-refractivity contribution in [2.75, 3.05) is 0 Å². The summed E-state index contributed by atoms with van der Waals surface area (Å²) in [5.41, 5.74) is 6.52. The van der Waals surface area contributed by atoms with Crippen LogP contribution in [0.2, 0.25) is 5.02 Å². The van der Waals surface area contributed by atoms with Gasteiger partial charge in [0, 0.05) is 29.5 Å². The molecule has 2 N–H and O–H groups in total. The quantitative estimate of drug-likeness (QED) is 0.926. The average molecular weight is 268 g/mol. The molecule has 0 saturated heterocycles. The van der Waals surface area contributed by atoms with Crippen molar-refractivity contribution in [2.24, 2.45) is 5.73 Å². The Kier molecular flexibility index (Phi) is 3.99. The van der Waals surface area contributed by atoms with Crippen LogP contribution in [0.3, 0.4) is 0 Å². The maximum Gasteiger partial charge on any atom is 0.127 e. The summed E-state index contributed by atoms with van der Waals surface area (Å²) in [6, 6.07) is 4.27. The normalized spacial score (nSPS) is 12.7. The summed E-state index contributed by atoms with van der Waals surface area (Å²) in [7, 11) is 0. The van der Waals surface area contributed by atoms with Gasteiger partial charge in [0.05, 0.1) is 6.04 Å². The molecule has 0 aliphatic rings. The highest BCUT2D eigenvalue weighted by Crippen LogP contribution is 2.24. The van der Waals surface area contributed by atoms with Crippen molar-refractivity contribution in [3.63, 3.8) is 0 Å². The van der Waals surface area contributed by atoms with Crippen LogP contribution in [-0.2, 0) is 13.0 Å². The minimum atomic E-state index is -0.366. The fourth-order valence-electron chi connectivity index (χ4n) is 1.96. The summed E-state index contributed by atoms with van der Waals surface area (Å²) in [4.78, 5) is 4.21. The molecule has 2 rings (SSSR count). The molecule has 1 atom stereocenters. The molecule has 0 fully saturated rings. The molecule has 0 aliphatic carbocycles. The van der Waals surface area contributed by atoms with E-state index >= 15 is 0 Å². The van der Waals surface area contributed by atoms with Gasteiger partial charge in [0.15, 0.2) is 0 Å². The first kappa shape index (κ1) is 13.1. The Morgan fingerprint density at radius 2 is 2.28 bits per heavy atom. The number of imidazole rings is 1. The van der Waals surface area contributed by atoms with E-state index in [0.29, 0.717) is 17.0 Å². The van der Waals surface area contributed by atoms with Crippen LogP contribution >= 0.6 is 11.6 Å². The minimum Gasteiger partial charge on any atom is -0.334 e. The second kappa shape index (κ2) is 5.50. The van der Waals surface area contributed by atoms with Gasteiger partial charge in [-0.25, -0.2) is 9.37 Å². The van der Waals surface area contributed by atoms with Crippen molar-refractivity contribution < 1.29 is 4.39 Å². The molecule has 0 bridgehead atoms. The summed E-state index contributed by atoms with van der Waals surface area (Å²) < 4.78 is 15.6. The molecule has 1 aromatic heterocycles. The summed E-state index contributed by atoms with van der Waals surface area (Å²) in [6.07, 6.45) is 3.89. The first-order valence-electron chi connectivity index (χ1n) is 5.83. The van der Waals surface area contributed by atoms with Crippen LogP contribution in [0.15, 0.2) is 30.6 Å². The molecular formula is C13H15ClFN3. The Morgan fingerprint density at radius 1 is 1.50 bits per heavy atom. The first-order chi connectivity index (χ1) is 8.63. The lowest BCUT2D eigenvalue weighted by atomic mass is 10.1. The van der Waals surface area contributed by atoms with Crippen molar-refractivity contribution in [3.8, 4) is 0 Å². The number of nitrogens with zero attached hydrogens (tertiary/aromatic N) is 2. The Bertz CT molecular complexity index is 519. The zero-order chi connectivity index (χ0) is 13.1. The van der Waals surface area contributed by atoms with E-state index in [1.54, 1.807) is 18.3 Å². The maximum absolute atomic E-state index is 13.7. The Morgan fingerprint density at radius 3 is 2.94 bits per heavy atom. The minimum absolute atomic E-state index is 0.326. The monoisotopic (exact) mass is 267 g/mol. The smallest absolute Gasteiger partial charge is 0.127 e. The molecule has 5 heteroatoms. The van der Waals surface area contributed by atoms with E-state index < -0.39 is 0 Å². The molecule has 18 heavy (non-hydrogen) atoms. The topological polar surface area (TPSA) is 43.8 Å². The molecular weight excluding hydrogens is 253 g/mol. The van der Waals surface area contributed by atoms with E-state index in [1.165, 1.54) is 6.07 Å². The van der Waals surface area contributed by atoms with E-state index in [4.69, 9.17) is 17.3 Å². The summed E-state index contributed by atoms with van der Waals surface area (Å²) in [5, 5.41) is 0.403. The second-order valence-electron chi connectivity index (χ2n) is 4.08. The van der Waals surface area contributed by atoms with E-state index in [0.717, 1.165) is 12.4 Å². The van der Waals surface area contributed by atoms with Crippen LogP contribution in [0, 0.1) is 5.82 Å². The van der Waals surface area contributed by atoms with Gasteiger partial charge in [-0.15, -0.1) is 0 Å². The number of rotatable bonds is 4. The zero-order valence-corrected chi connectivity index (χ0v) is 10.9. The first-order valence-corrected chi connectivity index (χ1v) is 6.20. The summed E-state index contributed by atoms with van der Waals surface area (Å²) in [6.45, 7) is 2.79. The highest BCUT2D eigenvalue weighted by molar-refractivity contribution is 6.31. The number of benzene rings is 1. The third-order valence-electron chi connectivity index (χ3n) is 2.91. The van der Waals surface area contributed by atoms with Gasteiger partial charge in [-0.2, -0.15) is 0 Å².